The fourth-order valence-corrected chi connectivity index (χ4v) is 2.51. The Hall–Kier alpha value is -1.55. The first-order valence-corrected chi connectivity index (χ1v) is 9.53. The summed E-state index contributed by atoms with van der Waals surface area (Å²) in [6, 6.07) is 1.41. The molecule has 0 radical (unpaired) electrons. The Balaban J connectivity index is 2.42. The highest BCUT2D eigenvalue weighted by molar-refractivity contribution is 7.92. The van der Waals surface area contributed by atoms with Crippen molar-refractivity contribution in [3.05, 3.63) is 12.3 Å². The van der Waals surface area contributed by atoms with Crippen LogP contribution in [0.25, 0.3) is 0 Å². The second-order valence-corrected chi connectivity index (χ2v) is 8.10. The molecule has 0 aromatic carbocycles. The maximum Gasteiger partial charge on any atom is 0.231 e. The maximum absolute atomic E-state index is 11.3. The Bertz CT molecular complexity index is 658. The van der Waals surface area contributed by atoms with Crippen molar-refractivity contribution in [3.63, 3.8) is 0 Å². The van der Waals surface area contributed by atoms with E-state index in [1.54, 1.807) is 0 Å². The molecule has 1 fully saturated rings. The van der Waals surface area contributed by atoms with E-state index in [1.165, 1.54) is 12.3 Å². The van der Waals surface area contributed by atoms with Crippen LogP contribution in [0.4, 0.5) is 11.5 Å². The van der Waals surface area contributed by atoms with Gasteiger partial charge in [-0.1, -0.05) is 0 Å². The Kier molecular flexibility index (Phi) is 3.78. The van der Waals surface area contributed by atoms with Gasteiger partial charge in [0.05, 0.1) is 24.3 Å². The number of rotatable bonds is 6. The fourth-order valence-electron chi connectivity index (χ4n) is 1.45. The molecule has 1 aromatic heterocycles. The molecule has 2 N–H and O–H groups in total. The normalized spacial score (nSPS) is 15.7. The van der Waals surface area contributed by atoms with Crippen molar-refractivity contribution in [2.24, 2.45) is 0 Å². The predicted octanol–water partition coefficient (Wildman–Crippen LogP) is 0.366. The summed E-state index contributed by atoms with van der Waals surface area (Å²) in [5.41, 5.74) is 0.153. The molecule has 1 aromatic rings. The number of hydrogen-bond donors (Lipinski definition) is 2. The van der Waals surface area contributed by atoms with Crippen molar-refractivity contribution in [2.45, 2.75) is 18.9 Å². The van der Waals surface area contributed by atoms with Crippen LogP contribution >= 0.6 is 0 Å². The number of ether oxygens (including phenoxy) is 1. The highest BCUT2D eigenvalue weighted by Gasteiger charge is 2.27. The van der Waals surface area contributed by atoms with Crippen molar-refractivity contribution < 1.29 is 21.6 Å². The largest absolute Gasteiger partial charge is 0.484 e. The Labute approximate surface area is 117 Å². The van der Waals surface area contributed by atoms with E-state index in [0.717, 1.165) is 25.4 Å². The summed E-state index contributed by atoms with van der Waals surface area (Å²) in [4.78, 5) is 3.89. The summed E-state index contributed by atoms with van der Waals surface area (Å²) in [5.74, 6) is 0.0545. The molecule has 0 amide bonds. The van der Waals surface area contributed by atoms with Gasteiger partial charge in [-0.15, -0.1) is 0 Å². The van der Waals surface area contributed by atoms with Gasteiger partial charge in [0, 0.05) is 6.20 Å². The van der Waals surface area contributed by atoms with Crippen LogP contribution in [0.3, 0.4) is 0 Å². The van der Waals surface area contributed by atoms with Gasteiger partial charge in [0.1, 0.15) is 0 Å². The smallest absolute Gasteiger partial charge is 0.231 e. The summed E-state index contributed by atoms with van der Waals surface area (Å²) < 4.78 is 55.3. The van der Waals surface area contributed by atoms with Crippen LogP contribution in [-0.2, 0) is 20.0 Å². The van der Waals surface area contributed by atoms with Crippen molar-refractivity contribution >= 4 is 31.6 Å². The highest BCUT2D eigenvalue weighted by atomic mass is 32.2. The number of nitrogens with one attached hydrogen (secondary N) is 2. The van der Waals surface area contributed by atoms with E-state index >= 15 is 0 Å². The minimum atomic E-state index is -3.55. The lowest BCUT2D eigenvalue weighted by atomic mass is 10.3. The third-order valence-electron chi connectivity index (χ3n) is 2.29. The number of nitrogens with zero attached hydrogens (tertiary/aromatic N) is 1. The van der Waals surface area contributed by atoms with Gasteiger partial charge in [0.2, 0.25) is 20.0 Å². The minimum absolute atomic E-state index is 0.0342. The van der Waals surface area contributed by atoms with E-state index in [1.807, 2.05) is 0 Å². The van der Waals surface area contributed by atoms with Crippen LogP contribution in [0.1, 0.15) is 12.8 Å². The summed E-state index contributed by atoms with van der Waals surface area (Å²) >= 11 is 0. The van der Waals surface area contributed by atoms with Crippen LogP contribution in [-0.4, -0.2) is 40.4 Å². The first kappa shape index (κ1) is 14.9. The topological polar surface area (TPSA) is 114 Å². The highest BCUT2D eigenvalue weighted by Crippen LogP contribution is 2.37. The monoisotopic (exact) mass is 321 g/mol. The van der Waals surface area contributed by atoms with Gasteiger partial charge in [0.25, 0.3) is 0 Å². The zero-order valence-electron chi connectivity index (χ0n) is 11.0. The molecule has 20 heavy (non-hydrogen) atoms. The molecular weight excluding hydrogens is 306 g/mol. The standard InChI is InChI=1S/C10H15N3O5S2/c1-19(14,15)12-8-5-6-11-10(13-20(2,16)17)9(8)18-7-3-4-7/h5-7H,3-4H2,1-2H3,(H2,11,12,13). The molecule has 1 aliphatic rings. The lowest BCUT2D eigenvalue weighted by Gasteiger charge is -2.15. The molecule has 112 valence electrons. The predicted molar refractivity (Wildman–Crippen MR) is 74.8 cm³/mol. The van der Waals surface area contributed by atoms with E-state index in [-0.39, 0.29) is 23.4 Å². The summed E-state index contributed by atoms with van der Waals surface area (Å²) in [7, 11) is -7.06. The van der Waals surface area contributed by atoms with E-state index in [9.17, 15) is 16.8 Å². The van der Waals surface area contributed by atoms with Crippen LogP contribution in [0.2, 0.25) is 0 Å². The molecule has 0 atom stereocenters. The lowest BCUT2D eigenvalue weighted by Crippen LogP contribution is -2.16. The number of sulfonamides is 2. The quantitative estimate of drug-likeness (QED) is 0.782. The lowest BCUT2D eigenvalue weighted by molar-refractivity contribution is 0.305. The first-order valence-electron chi connectivity index (χ1n) is 5.75. The van der Waals surface area contributed by atoms with Crippen molar-refractivity contribution in [1.82, 2.24) is 4.98 Å². The van der Waals surface area contributed by atoms with Gasteiger partial charge < -0.3 is 4.74 Å². The SMILES string of the molecule is CS(=O)(=O)Nc1ccnc(NS(C)(=O)=O)c1OC1CC1. The molecule has 1 heterocycles. The van der Waals surface area contributed by atoms with Crippen molar-refractivity contribution in [2.75, 3.05) is 22.0 Å². The molecule has 2 rings (SSSR count). The minimum Gasteiger partial charge on any atom is -0.484 e. The van der Waals surface area contributed by atoms with Crippen molar-refractivity contribution in [3.8, 4) is 5.75 Å². The second kappa shape index (κ2) is 5.09. The van der Waals surface area contributed by atoms with Crippen molar-refractivity contribution in [1.29, 1.82) is 0 Å². The molecule has 0 aliphatic heterocycles. The second-order valence-electron chi connectivity index (χ2n) is 4.60. The first-order chi connectivity index (χ1) is 9.14. The summed E-state index contributed by atoms with van der Waals surface area (Å²) in [6.07, 6.45) is 4.90. The van der Waals surface area contributed by atoms with E-state index in [0.29, 0.717) is 0 Å². The molecule has 10 heteroatoms. The molecule has 0 saturated heterocycles. The van der Waals surface area contributed by atoms with Gasteiger partial charge >= 0.3 is 0 Å². The van der Waals surface area contributed by atoms with E-state index in [4.69, 9.17) is 4.74 Å². The van der Waals surface area contributed by atoms with Crippen LogP contribution in [0.15, 0.2) is 12.3 Å². The Morgan fingerprint density at radius 1 is 1.15 bits per heavy atom. The van der Waals surface area contributed by atoms with Crippen LogP contribution < -0.4 is 14.2 Å². The Morgan fingerprint density at radius 2 is 1.75 bits per heavy atom. The summed E-state index contributed by atoms with van der Waals surface area (Å²) in [6.45, 7) is 0. The van der Waals surface area contributed by atoms with Gasteiger partial charge in [-0.05, 0) is 18.9 Å². The molecule has 0 bridgehead atoms. The zero-order chi connectivity index (χ0) is 15.0. The number of aromatic nitrogens is 1. The Morgan fingerprint density at radius 3 is 2.25 bits per heavy atom. The maximum atomic E-state index is 11.3. The molecule has 0 spiro atoms. The third kappa shape index (κ3) is 4.53. The van der Waals surface area contributed by atoms with E-state index < -0.39 is 20.0 Å². The van der Waals surface area contributed by atoms with Crippen LogP contribution in [0.5, 0.6) is 5.75 Å². The summed E-state index contributed by atoms with van der Waals surface area (Å²) in [5, 5.41) is 0. The molecule has 1 aliphatic carbocycles. The third-order valence-corrected chi connectivity index (χ3v) is 3.45. The molecule has 0 unspecified atom stereocenters. The number of anilines is 2. The zero-order valence-corrected chi connectivity index (χ0v) is 12.6. The van der Waals surface area contributed by atoms with Gasteiger partial charge in [-0.3, -0.25) is 9.44 Å². The average Bonchev–Trinajstić information content (AvgIpc) is 3.02. The van der Waals surface area contributed by atoms with Crippen LogP contribution in [0, 0.1) is 0 Å². The number of pyridine rings is 1. The number of hydrogen-bond acceptors (Lipinski definition) is 6. The van der Waals surface area contributed by atoms with E-state index in [2.05, 4.69) is 14.4 Å². The molecule has 1 saturated carbocycles. The molecular formula is C10H15N3O5S2. The van der Waals surface area contributed by atoms with Gasteiger partial charge in [0.15, 0.2) is 11.6 Å². The van der Waals surface area contributed by atoms with Gasteiger partial charge in [-0.2, -0.15) is 0 Å². The molecule has 8 nitrogen and oxygen atoms in total. The average molecular weight is 321 g/mol. The van der Waals surface area contributed by atoms with Gasteiger partial charge in [-0.25, -0.2) is 21.8 Å². The fraction of sp³-hybridized carbons (Fsp3) is 0.500.